The number of rotatable bonds is 2. The molecule has 4 atom stereocenters. The fraction of sp³-hybridized carbons (Fsp3) is 0.632. The predicted molar refractivity (Wildman–Crippen MR) is 95.5 cm³/mol. The summed E-state index contributed by atoms with van der Waals surface area (Å²) in [4.78, 5) is 14.6. The molecule has 2 saturated carbocycles. The highest BCUT2D eigenvalue weighted by molar-refractivity contribution is 6.31. The summed E-state index contributed by atoms with van der Waals surface area (Å²) in [5.74, 6) is 0.770. The van der Waals surface area contributed by atoms with E-state index >= 15 is 0 Å². The molecule has 1 aromatic carbocycles. The Labute approximate surface area is 148 Å². The molecule has 2 bridgehead atoms. The van der Waals surface area contributed by atoms with Crippen molar-refractivity contribution in [3.63, 3.8) is 0 Å². The summed E-state index contributed by atoms with van der Waals surface area (Å²) in [6.45, 7) is 4.12. The monoisotopic (exact) mass is 348 g/mol. The molecule has 0 spiro atoms. The molecule has 2 aliphatic heterocycles. The summed E-state index contributed by atoms with van der Waals surface area (Å²) in [5.41, 5.74) is 1.000. The smallest absolute Gasteiger partial charge is 0.322 e. The molecule has 2 saturated heterocycles. The highest BCUT2D eigenvalue weighted by Gasteiger charge is 2.47. The molecule has 2 unspecified atom stereocenters. The average Bonchev–Trinajstić information content (AvgIpc) is 2.49. The lowest BCUT2D eigenvalue weighted by Crippen LogP contribution is -2.63. The molecule has 2 amide bonds. The number of amides is 2. The van der Waals surface area contributed by atoms with E-state index in [9.17, 15) is 9.90 Å². The Kier molecular flexibility index (Phi) is 3.81. The Hall–Kier alpha value is -1.26. The number of piperidine rings is 1. The van der Waals surface area contributed by atoms with E-state index in [0.717, 1.165) is 49.3 Å². The largest absolute Gasteiger partial charge is 0.390 e. The average molecular weight is 349 g/mol. The van der Waals surface area contributed by atoms with Crippen LogP contribution in [0.3, 0.4) is 0 Å². The second kappa shape index (κ2) is 5.63. The molecule has 1 aromatic rings. The number of urea groups is 1. The summed E-state index contributed by atoms with van der Waals surface area (Å²) in [7, 11) is 0. The van der Waals surface area contributed by atoms with Gasteiger partial charge in [-0.2, -0.15) is 0 Å². The minimum atomic E-state index is -0.698. The number of carbonyl (C=O) groups excluding carboxylic acids is 1. The van der Waals surface area contributed by atoms with Crippen molar-refractivity contribution in [1.82, 2.24) is 4.90 Å². The van der Waals surface area contributed by atoms with E-state index in [-0.39, 0.29) is 11.9 Å². The second-order valence-electron chi connectivity index (χ2n) is 8.14. The molecular weight excluding hydrogens is 324 g/mol. The molecule has 5 heteroatoms. The summed E-state index contributed by atoms with van der Waals surface area (Å²) < 4.78 is 0. The van der Waals surface area contributed by atoms with Crippen LogP contribution < -0.4 is 5.32 Å². The highest BCUT2D eigenvalue weighted by Crippen LogP contribution is 2.48. The lowest BCUT2D eigenvalue weighted by atomic mass is 9.67. The van der Waals surface area contributed by atoms with Gasteiger partial charge in [-0.3, -0.25) is 0 Å². The Morgan fingerprint density at radius 1 is 1.33 bits per heavy atom. The Morgan fingerprint density at radius 3 is 2.62 bits per heavy atom. The van der Waals surface area contributed by atoms with Gasteiger partial charge >= 0.3 is 6.03 Å². The first-order valence-electron chi connectivity index (χ1n) is 8.96. The standard InChI is InChI=1S/C19H25ClN2O2/c1-11-7-13-10-14(8-11)22(13)18(23)21-12-3-4-17(20)15(9-12)16-5-6-19(16,2)24/h3-4,9,11,13-14,16,24H,5-8,10H2,1-2H3,(H,21,23)/t11?,13?,14?,16-,19-/m1/s1. The minimum absolute atomic E-state index is 0.00297. The van der Waals surface area contributed by atoms with Gasteiger partial charge < -0.3 is 15.3 Å². The van der Waals surface area contributed by atoms with Gasteiger partial charge in [0.1, 0.15) is 0 Å². The topological polar surface area (TPSA) is 52.6 Å². The number of benzene rings is 1. The van der Waals surface area contributed by atoms with Crippen molar-refractivity contribution in [2.24, 2.45) is 5.92 Å². The first kappa shape index (κ1) is 16.2. The van der Waals surface area contributed by atoms with Gasteiger partial charge in [0, 0.05) is 28.7 Å². The number of aliphatic hydroxyl groups is 1. The summed E-state index contributed by atoms with van der Waals surface area (Å²) in [5, 5.41) is 14.0. The van der Waals surface area contributed by atoms with Gasteiger partial charge in [-0.25, -0.2) is 4.79 Å². The van der Waals surface area contributed by atoms with Crippen molar-refractivity contribution in [3.8, 4) is 0 Å². The van der Waals surface area contributed by atoms with Crippen molar-refractivity contribution in [1.29, 1.82) is 0 Å². The summed E-state index contributed by atoms with van der Waals surface area (Å²) in [6.07, 6.45) is 5.09. The summed E-state index contributed by atoms with van der Waals surface area (Å²) >= 11 is 6.33. The lowest BCUT2D eigenvalue weighted by molar-refractivity contribution is -0.0405. The van der Waals surface area contributed by atoms with Gasteiger partial charge in [-0.15, -0.1) is 0 Å². The Morgan fingerprint density at radius 2 is 2.04 bits per heavy atom. The molecule has 4 aliphatic rings. The number of carbonyl (C=O) groups is 1. The first-order valence-corrected chi connectivity index (χ1v) is 9.34. The molecule has 4 nitrogen and oxygen atoms in total. The van der Waals surface area contributed by atoms with Crippen LogP contribution in [0.15, 0.2) is 18.2 Å². The third-order valence-electron chi connectivity index (χ3n) is 6.23. The fourth-order valence-electron chi connectivity index (χ4n) is 4.75. The molecule has 0 radical (unpaired) electrons. The van der Waals surface area contributed by atoms with E-state index in [4.69, 9.17) is 11.6 Å². The van der Waals surface area contributed by atoms with E-state index in [1.807, 2.05) is 30.0 Å². The summed E-state index contributed by atoms with van der Waals surface area (Å²) in [6, 6.07) is 6.39. The second-order valence-corrected chi connectivity index (χ2v) is 8.55. The number of halogens is 1. The fourth-order valence-corrected chi connectivity index (χ4v) is 5.00. The van der Waals surface area contributed by atoms with Crippen LogP contribution in [-0.4, -0.2) is 33.7 Å². The number of nitrogens with one attached hydrogen (secondary N) is 1. The zero-order chi connectivity index (χ0) is 17.1. The SMILES string of the molecule is CC1CC2CC(C1)N2C(=O)Nc1ccc(Cl)c([C@H]2CC[C@@]2(C)O)c1. The lowest BCUT2D eigenvalue weighted by Gasteiger charge is -2.54. The van der Waals surface area contributed by atoms with Crippen molar-refractivity contribution in [2.75, 3.05) is 5.32 Å². The van der Waals surface area contributed by atoms with E-state index in [2.05, 4.69) is 12.2 Å². The number of anilines is 1. The van der Waals surface area contributed by atoms with Crippen LogP contribution in [0.25, 0.3) is 0 Å². The molecular formula is C19H25ClN2O2. The van der Waals surface area contributed by atoms with E-state index in [1.165, 1.54) is 0 Å². The third-order valence-corrected chi connectivity index (χ3v) is 6.57. The van der Waals surface area contributed by atoms with Gasteiger partial charge in [-0.05, 0) is 68.7 Å². The maximum Gasteiger partial charge on any atom is 0.322 e. The maximum atomic E-state index is 12.6. The van der Waals surface area contributed by atoms with E-state index in [1.54, 1.807) is 0 Å². The highest BCUT2D eigenvalue weighted by atomic mass is 35.5. The molecule has 24 heavy (non-hydrogen) atoms. The van der Waals surface area contributed by atoms with Crippen LogP contribution in [-0.2, 0) is 0 Å². The number of nitrogens with zero attached hydrogens (tertiary/aromatic N) is 1. The quantitative estimate of drug-likeness (QED) is 0.833. The minimum Gasteiger partial charge on any atom is -0.390 e. The van der Waals surface area contributed by atoms with Crippen LogP contribution in [0.1, 0.15) is 57.4 Å². The number of fused-ring (bicyclic) bond motifs is 2. The maximum absolute atomic E-state index is 12.6. The van der Waals surface area contributed by atoms with Gasteiger partial charge in [-0.1, -0.05) is 18.5 Å². The van der Waals surface area contributed by atoms with Crippen molar-refractivity contribution in [2.45, 2.75) is 69.6 Å². The number of hydrogen-bond acceptors (Lipinski definition) is 2. The van der Waals surface area contributed by atoms with Gasteiger partial charge in [0.05, 0.1) is 5.60 Å². The van der Waals surface area contributed by atoms with Crippen LogP contribution >= 0.6 is 11.6 Å². The van der Waals surface area contributed by atoms with E-state index in [0.29, 0.717) is 17.1 Å². The molecule has 2 N–H and O–H groups in total. The Balaban J connectivity index is 1.48. The molecule has 5 rings (SSSR count). The Bertz CT molecular complexity index is 663. The van der Waals surface area contributed by atoms with Crippen molar-refractivity contribution >= 4 is 23.3 Å². The van der Waals surface area contributed by atoms with Crippen LogP contribution in [0.2, 0.25) is 5.02 Å². The molecule has 0 aromatic heterocycles. The zero-order valence-electron chi connectivity index (χ0n) is 14.3. The molecule has 4 fully saturated rings. The van der Waals surface area contributed by atoms with Crippen LogP contribution in [0.5, 0.6) is 0 Å². The first-order chi connectivity index (χ1) is 11.3. The third kappa shape index (κ3) is 2.60. The molecule has 130 valence electrons. The van der Waals surface area contributed by atoms with Crippen molar-refractivity contribution < 1.29 is 9.90 Å². The van der Waals surface area contributed by atoms with Gasteiger partial charge in [0.25, 0.3) is 0 Å². The predicted octanol–water partition coefficient (Wildman–Crippen LogP) is 4.37. The zero-order valence-corrected chi connectivity index (χ0v) is 15.0. The van der Waals surface area contributed by atoms with Crippen LogP contribution in [0, 0.1) is 5.92 Å². The van der Waals surface area contributed by atoms with Gasteiger partial charge in [0.2, 0.25) is 0 Å². The normalized spacial score (nSPS) is 37.4. The van der Waals surface area contributed by atoms with Crippen molar-refractivity contribution in [3.05, 3.63) is 28.8 Å². The number of hydrogen-bond donors (Lipinski definition) is 2. The van der Waals surface area contributed by atoms with Crippen LogP contribution in [0.4, 0.5) is 10.5 Å². The van der Waals surface area contributed by atoms with E-state index < -0.39 is 5.60 Å². The molecule has 2 heterocycles. The molecule has 2 aliphatic carbocycles. The van der Waals surface area contributed by atoms with Gasteiger partial charge in [0.15, 0.2) is 0 Å².